The summed E-state index contributed by atoms with van der Waals surface area (Å²) in [4.78, 5) is 23.8. The molecule has 7 nitrogen and oxygen atoms in total. The van der Waals surface area contributed by atoms with Gasteiger partial charge in [0.05, 0.1) is 23.1 Å². The van der Waals surface area contributed by atoms with Crippen LogP contribution in [0.1, 0.15) is 36.0 Å². The van der Waals surface area contributed by atoms with Gasteiger partial charge in [-0.15, -0.1) is 0 Å². The molecule has 1 aromatic carbocycles. The summed E-state index contributed by atoms with van der Waals surface area (Å²) < 4.78 is 0. The highest BCUT2D eigenvalue weighted by atomic mass is 16.6. The van der Waals surface area contributed by atoms with Crippen LogP contribution in [0.5, 0.6) is 0 Å². The molecule has 2 rings (SSSR count). The first-order valence-electron chi connectivity index (χ1n) is 6.94. The van der Waals surface area contributed by atoms with Crippen LogP contribution >= 0.6 is 0 Å². The van der Waals surface area contributed by atoms with Crippen LogP contribution in [0.25, 0.3) is 0 Å². The maximum atomic E-state index is 11.4. The van der Waals surface area contributed by atoms with Crippen molar-refractivity contribution in [2.24, 2.45) is 0 Å². The van der Waals surface area contributed by atoms with Crippen molar-refractivity contribution in [2.75, 3.05) is 18.1 Å². The zero-order valence-corrected chi connectivity index (χ0v) is 11.6. The highest BCUT2D eigenvalue weighted by molar-refractivity contribution is 5.97. The molecule has 1 atom stereocenters. The molecule has 1 saturated heterocycles. The van der Waals surface area contributed by atoms with Crippen LogP contribution in [0.4, 0.5) is 11.4 Å². The average molecular weight is 294 g/mol. The van der Waals surface area contributed by atoms with Gasteiger partial charge in [0.1, 0.15) is 5.69 Å². The lowest BCUT2D eigenvalue weighted by Crippen LogP contribution is -2.39. The molecule has 1 aliphatic rings. The van der Waals surface area contributed by atoms with Crippen molar-refractivity contribution < 1.29 is 19.9 Å². The monoisotopic (exact) mass is 294 g/mol. The van der Waals surface area contributed by atoms with E-state index in [0.717, 1.165) is 19.3 Å². The summed E-state index contributed by atoms with van der Waals surface area (Å²) in [6, 6.07) is 3.76. The smallest absolute Gasteiger partial charge is 0.338 e. The topological polar surface area (TPSA) is 104 Å². The lowest BCUT2D eigenvalue weighted by atomic mass is 10.1. The molecule has 7 heteroatoms. The van der Waals surface area contributed by atoms with Crippen LogP contribution in [0.3, 0.4) is 0 Å². The summed E-state index contributed by atoms with van der Waals surface area (Å²) in [7, 11) is 0. The van der Waals surface area contributed by atoms with Gasteiger partial charge in [0.25, 0.3) is 5.69 Å². The van der Waals surface area contributed by atoms with Gasteiger partial charge >= 0.3 is 5.97 Å². The number of carbonyl (C=O) groups is 1. The second-order valence-electron chi connectivity index (χ2n) is 5.11. The summed E-state index contributed by atoms with van der Waals surface area (Å²) in [5.41, 5.74) is -0.212. The fourth-order valence-electron chi connectivity index (χ4n) is 2.81. The molecule has 1 aromatic rings. The molecule has 114 valence electrons. The van der Waals surface area contributed by atoms with Gasteiger partial charge in [-0.2, -0.15) is 0 Å². The Labute approximate surface area is 122 Å². The summed E-state index contributed by atoms with van der Waals surface area (Å²) in [6.45, 7) is 0.363. The van der Waals surface area contributed by atoms with E-state index in [1.165, 1.54) is 18.2 Å². The molecule has 0 spiro atoms. The lowest BCUT2D eigenvalue weighted by molar-refractivity contribution is -0.384. The molecule has 0 aromatic heterocycles. The standard InChI is InChI=1S/C14H18N2O5/c17-9-10-5-2-1-3-8-15(10)13-11(14(18)19)6-4-7-12(13)16(20)21/h4,6-7,10,17H,1-3,5,8-9H2,(H,18,19). The minimum absolute atomic E-state index is 0.0930. The van der Waals surface area contributed by atoms with Gasteiger partial charge in [0.2, 0.25) is 0 Å². The molecule has 1 fully saturated rings. The van der Waals surface area contributed by atoms with Crippen molar-refractivity contribution >= 4 is 17.3 Å². The average Bonchev–Trinajstić information content (AvgIpc) is 2.71. The van der Waals surface area contributed by atoms with Crippen molar-refractivity contribution in [3.8, 4) is 0 Å². The highest BCUT2D eigenvalue weighted by Gasteiger charge is 2.31. The second-order valence-corrected chi connectivity index (χ2v) is 5.11. The first-order valence-corrected chi connectivity index (χ1v) is 6.94. The van der Waals surface area contributed by atoms with E-state index >= 15 is 0 Å². The Kier molecular flexibility index (Phi) is 4.74. The molecule has 0 bridgehead atoms. The van der Waals surface area contributed by atoms with Crippen LogP contribution in [-0.4, -0.2) is 40.3 Å². The highest BCUT2D eigenvalue weighted by Crippen LogP contribution is 2.35. The number of benzene rings is 1. The van der Waals surface area contributed by atoms with E-state index in [9.17, 15) is 25.1 Å². The summed E-state index contributed by atoms with van der Waals surface area (Å²) >= 11 is 0. The van der Waals surface area contributed by atoms with Gasteiger partial charge in [0, 0.05) is 12.6 Å². The Morgan fingerprint density at radius 2 is 2.14 bits per heavy atom. The zero-order valence-electron chi connectivity index (χ0n) is 11.6. The fourth-order valence-corrected chi connectivity index (χ4v) is 2.81. The number of aliphatic hydroxyl groups is 1. The zero-order chi connectivity index (χ0) is 15.4. The number of nitrogens with zero attached hydrogens (tertiary/aromatic N) is 2. The number of carboxylic acid groups (broad SMARTS) is 1. The van der Waals surface area contributed by atoms with Gasteiger partial charge in [-0.1, -0.05) is 18.9 Å². The van der Waals surface area contributed by atoms with E-state index in [1.54, 1.807) is 4.90 Å². The number of carboxylic acids is 1. The number of para-hydroxylation sites is 1. The van der Waals surface area contributed by atoms with Crippen molar-refractivity contribution in [2.45, 2.75) is 31.7 Å². The number of hydrogen-bond acceptors (Lipinski definition) is 5. The normalized spacial score (nSPS) is 19.1. The van der Waals surface area contributed by atoms with Gasteiger partial charge in [-0.25, -0.2) is 4.79 Å². The summed E-state index contributed by atoms with van der Waals surface area (Å²) in [5, 5.41) is 30.1. The summed E-state index contributed by atoms with van der Waals surface area (Å²) in [6.07, 6.45) is 3.41. The van der Waals surface area contributed by atoms with E-state index in [4.69, 9.17) is 0 Å². The molecular formula is C14H18N2O5. The maximum Gasteiger partial charge on any atom is 0.338 e. The first kappa shape index (κ1) is 15.2. The minimum atomic E-state index is -1.20. The Balaban J connectivity index is 2.57. The number of nitro groups is 1. The number of anilines is 1. The quantitative estimate of drug-likeness (QED) is 0.650. The minimum Gasteiger partial charge on any atom is -0.478 e. The largest absolute Gasteiger partial charge is 0.478 e. The van der Waals surface area contributed by atoms with Crippen molar-refractivity contribution in [3.63, 3.8) is 0 Å². The predicted molar refractivity (Wildman–Crippen MR) is 76.7 cm³/mol. The third-order valence-corrected chi connectivity index (χ3v) is 3.82. The van der Waals surface area contributed by atoms with Crippen LogP contribution in [0, 0.1) is 10.1 Å². The van der Waals surface area contributed by atoms with E-state index in [-0.39, 0.29) is 29.6 Å². The van der Waals surface area contributed by atoms with Crippen LogP contribution in [0.2, 0.25) is 0 Å². The molecule has 1 unspecified atom stereocenters. The molecule has 0 saturated carbocycles. The molecule has 1 aliphatic heterocycles. The Morgan fingerprint density at radius 1 is 1.38 bits per heavy atom. The first-order chi connectivity index (χ1) is 10.1. The molecule has 1 heterocycles. The number of nitro benzene ring substituents is 1. The van der Waals surface area contributed by atoms with E-state index in [2.05, 4.69) is 0 Å². The molecular weight excluding hydrogens is 276 g/mol. The SMILES string of the molecule is O=C(O)c1cccc([N+](=O)[O-])c1N1CCCCCC1CO. The Morgan fingerprint density at radius 3 is 2.76 bits per heavy atom. The Bertz CT molecular complexity index is 514. The van der Waals surface area contributed by atoms with E-state index < -0.39 is 10.9 Å². The van der Waals surface area contributed by atoms with Gasteiger partial charge in [-0.05, 0) is 18.9 Å². The van der Waals surface area contributed by atoms with Crippen molar-refractivity contribution in [3.05, 3.63) is 33.9 Å². The molecule has 0 radical (unpaired) electrons. The number of rotatable bonds is 4. The number of hydrogen-bond donors (Lipinski definition) is 2. The van der Waals surface area contributed by atoms with Crippen LogP contribution < -0.4 is 4.90 Å². The third-order valence-electron chi connectivity index (χ3n) is 3.82. The van der Waals surface area contributed by atoms with Crippen molar-refractivity contribution in [1.82, 2.24) is 0 Å². The third kappa shape index (κ3) is 3.13. The molecule has 0 aliphatic carbocycles. The van der Waals surface area contributed by atoms with E-state index in [0.29, 0.717) is 13.0 Å². The van der Waals surface area contributed by atoms with E-state index in [1.807, 2.05) is 0 Å². The van der Waals surface area contributed by atoms with Gasteiger partial charge in [-0.3, -0.25) is 10.1 Å². The molecule has 2 N–H and O–H groups in total. The van der Waals surface area contributed by atoms with Crippen LogP contribution in [0.15, 0.2) is 18.2 Å². The molecule has 0 amide bonds. The molecule has 21 heavy (non-hydrogen) atoms. The number of aliphatic hydroxyl groups excluding tert-OH is 1. The van der Waals surface area contributed by atoms with Crippen molar-refractivity contribution in [1.29, 1.82) is 0 Å². The van der Waals surface area contributed by atoms with Gasteiger partial charge < -0.3 is 15.1 Å². The number of aromatic carboxylic acids is 1. The van der Waals surface area contributed by atoms with Gasteiger partial charge in [0.15, 0.2) is 0 Å². The van der Waals surface area contributed by atoms with Crippen LogP contribution in [-0.2, 0) is 0 Å². The predicted octanol–water partition coefficient (Wildman–Crippen LogP) is 2.03. The second kappa shape index (κ2) is 6.53. The summed E-state index contributed by atoms with van der Waals surface area (Å²) in [5.74, 6) is -1.20. The maximum absolute atomic E-state index is 11.4. The lowest BCUT2D eigenvalue weighted by Gasteiger charge is -2.31. The Hall–Kier alpha value is -2.15. The fraction of sp³-hybridized carbons (Fsp3) is 0.500.